The third kappa shape index (κ3) is 2.89. The highest BCUT2D eigenvalue weighted by Crippen LogP contribution is 2.21. The van der Waals surface area contributed by atoms with Crippen LogP contribution >= 0.6 is 0 Å². The van der Waals surface area contributed by atoms with Gasteiger partial charge in [-0.2, -0.15) is 0 Å². The standard InChI is InChI=1S/C14H21N3O/c1-9-5-10(6-11-13(9)16-8-15-11)12(18)7-17-14(2,3)4/h5-6,8,12,17-18H,7H2,1-4H3,(H,15,16)/t12-/m0/s1. The van der Waals surface area contributed by atoms with Crippen LogP contribution in [0.25, 0.3) is 11.0 Å². The molecule has 0 unspecified atom stereocenters. The van der Waals surface area contributed by atoms with Crippen LogP contribution in [0.4, 0.5) is 0 Å². The molecule has 98 valence electrons. The van der Waals surface area contributed by atoms with E-state index in [1.165, 1.54) is 0 Å². The molecule has 0 bridgehead atoms. The van der Waals surface area contributed by atoms with Gasteiger partial charge in [0.1, 0.15) is 0 Å². The molecule has 0 saturated carbocycles. The van der Waals surface area contributed by atoms with Crippen LogP contribution in [-0.2, 0) is 0 Å². The molecule has 0 fully saturated rings. The smallest absolute Gasteiger partial charge is 0.0931 e. The molecule has 1 aromatic carbocycles. The number of hydrogen-bond acceptors (Lipinski definition) is 3. The molecular weight excluding hydrogens is 226 g/mol. The Labute approximate surface area is 107 Å². The van der Waals surface area contributed by atoms with Crippen molar-refractivity contribution in [3.8, 4) is 0 Å². The van der Waals surface area contributed by atoms with Gasteiger partial charge in [-0.1, -0.05) is 6.07 Å². The molecule has 3 N–H and O–H groups in total. The highest BCUT2D eigenvalue weighted by atomic mass is 16.3. The molecule has 18 heavy (non-hydrogen) atoms. The number of aromatic nitrogens is 2. The maximum Gasteiger partial charge on any atom is 0.0931 e. The number of nitrogens with one attached hydrogen (secondary N) is 2. The largest absolute Gasteiger partial charge is 0.387 e. The van der Waals surface area contributed by atoms with Gasteiger partial charge in [0, 0.05) is 12.1 Å². The van der Waals surface area contributed by atoms with Crippen LogP contribution in [0.3, 0.4) is 0 Å². The first-order valence-electron chi connectivity index (χ1n) is 6.23. The van der Waals surface area contributed by atoms with Gasteiger partial charge in [-0.3, -0.25) is 0 Å². The van der Waals surface area contributed by atoms with Crippen molar-refractivity contribution in [2.45, 2.75) is 39.3 Å². The number of aliphatic hydroxyl groups is 1. The number of rotatable bonds is 3. The van der Waals surface area contributed by atoms with Crippen LogP contribution in [0, 0.1) is 6.92 Å². The van der Waals surface area contributed by atoms with E-state index >= 15 is 0 Å². The summed E-state index contributed by atoms with van der Waals surface area (Å²) in [6.45, 7) is 8.82. The minimum atomic E-state index is -0.510. The predicted molar refractivity (Wildman–Crippen MR) is 73.5 cm³/mol. The zero-order valence-electron chi connectivity index (χ0n) is 11.4. The molecule has 4 heteroatoms. The summed E-state index contributed by atoms with van der Waals surface area (Å²) >= 11 is 0. The first-order chi connectivity index (χ1) is 8.37. The lowest BCUT2D eigenvalue weighted by molar-refractivity contribution is 0.163. The van der Waals surface area contributed by atoms with Crippen LogP contribution in [0.1, 0.15) is 38.0 Å². The summed E-state index contributed by atoms with van der Waals surface area (Å²) in [5.41, 5.74) is 3.96. The van der Waals surface area contributed by atoms with Crippen molar-refractivity contribution >= 4 is 11.0 Å². The Kier molecular flexibility index (Phi) is 3.41. The fourth-order valence-corrected chi connectivity index (χ4v) is 1.96. The van der Waals surface area contributed by atoms with E-state index in [0.717, 1.165) is 22.2 Å². The molecule has 0 radical (unpaired) electrons. The molecule has 1 heterocycles. The van der Waals surface area contributed by atoms with Gasteiger partial charge in [-0.15, -0.1) is 0 Å². The van der Waals surface area contributed by atoms with E-state index in [1.54, 1.807) is 6.33 Å². The summed E-state index contributed by atoms with van der Waals surface area (Å²) in [4.78, 5) is 7.35. The van der Waals surface area contributed by atoms with Crippen molar-refractivity contribution in [3.63, 3.8) is 0 Å². The van der Waals surface area contributed by atoms with Gasteiger partial charge in [-0.05, 0) is 44.9 Å². The number of aliphatic hydroxyl groups excluding tert-OH is 1. The summed E-state index contributed by atoms with van der Waals surface area (Å²) in [5, 5.41) is 13.5. The Hall–Kier alpha value is -1.39. The number of aryl methyl sites for hydroxylation is 1. The number of fused-ring (bicyclic) bond motifs is 1. The van der Waals surface area contributed by atoms with Gasteiger partial charge in [0.05, 0.1) is 23.5 Å². The third-order valence-corrected chi connectivity index (χ3v) is 2.96. The molecule has 0 aliphatic rings. The Bertz CT molecular complexity index is 539. The van der Waals surface area contributed by atoms with Crippen LogP contribution < -0.4 is 5.32 Å². The normalized spacial score (nSPS) is 14.1. The van der Waals surface area contributed by atoms with Crippen molar-refractivity contribution in [2.24, 2.45) is 0 Å². The Morgan fingerprint density at radius 2 is 2.11 bits per heavy atom. The van der Waals surface area contributed by atoms with Gasteiger partial charge in [-0.25, -0.2) is 4.98 Å². The zero-order valence-corrected chi connectivity index (χ0v) is 11.4. The number of nitrogens with zero attached hydrogens (tertiary/aromatic N) is 1. The summed E-state index contributed by atoms with van der Waals surface area (Å²) in [6, 6.07) is 3.95. The van der Waals surface area contributed by atoms with E-state index in [4.69, 9.17) is 0 Å². The van der Waals surface area contributed by atoms with Gasteiger partial charge in [0.2, 0.25) is 0 Å². The van der Waals surface area contributed by atoms with Crippen LogP contribution in [-0.4, -0.2) is 27.2 Å². The second kappa shape index (κ2) is 4.71. The molecule has 1 atom stereocenters. The number of benzene rings is 1. The van der Waals surface area contributed by atoms with Crippen molar-refractivity contribution < 1.29 is 5.11 Å². The Morgan fingerprint density at radius 1 is 1.39 bits per heavy atom. The van der Waals surface area contributed by atoms with Crippen molar-refractivity contribution in [2.75, 3.05) is 6.54 Å². The summed E-state index contributed by atoms with van der Waals surface area (Å²) in [7, 11) is 0. The highest BCUT2D eigenvalue weighted by molar-refractivity contribution is 5.79. The van der Waals surface area contributed by atoms with E-state index in [0.29, 0.717) is 6.54 Å². The minimum Gasteiger partial charge on any atom is -0.387 e. The van der Waals surface area contributed by atoms with Crippen LogP contribution in [0.15, 0.2) is 18.5 Å². The lowest BCUT2D eigenvalue weighted by atomic mass is 10.0. The predicted octanol–water partition coefficient (Wildman–Crippen LogP) is 2.29. The van der Waals surface area contributed by atoms with Gasteiger partial charge in [0.15, 0.2) is 0 Å². The van der Waals surface area contributed by atoms with E-state index in [9.17, 15) is 5.11 Å². The second-order valence-electron chi connectivity index (χ2n) is 5.78. The van der Waals surface area contributed by atoms with Crippen molar-refractivity contribution in [1.29, 1.82) is 0 Å². The van der Waals surface area contributed by atoms with Gasteiger partial charge in [0.25, 0.3) is 0 Å². The molecule has 4 nitrogen and oxygen atoms in total. The highest BCUT2D eigenvalue weighted by Gasteiger charge is 2.15. The van der Waals surface area contributed by atoms with E-state index < -0.39 is 6.10 Å². The third-order valence-electron chi connectivity index (χ3n) is 2.96. The number of imidazole rings is 1. The number of β-amino-alcohol motifs (C(OH)–C–C–N with tert-alkyl or cyclic N) is 1. The average Bonchev–Trinajstić information content (AvgIpc) is 2.73. The molecule has 0 saturated heterocycles. The lowest BCUT2D eigenvalue weighted by Gasteiger charge is -2.23. The fourth-order valence-electron chi connectivity index (χ4n) is 1.96. The topological polar surface area (TPSA) is 60.9 Å². The molecule has 0 spiro atoms. The molecular formula is C14H21N3O. The molecule has 0 aliphatic carbocycles. The Morgan fingerprint density at radius 3 is 2.78 bits per heavy atom. The van der Waals surface area contributed by atoms with E-state index in [2.05, 4.69) is 36.1 Å². The van der Waals surface area contributed by atoms with Crippen LogP contribution in [0.5, 0.6) is 0 Å². The molecule has 1 aromatic heterocycles. The quantitative estimate of drug-likeness (QED) is 0.780. The van der Waals surface area contributed by atoms with Gasteiger partial charge < -0.3 is 15.4 Å². The first-order valence-corrected chi connectivity index (χ1v) is 6.23. The van der Waals surface area contributed by atoms with Crippen molar-refractivity contribution in [1.82, 2.24) is 15.3 Å². The second-order valence-corrected chi connectivity index (χ2v) is 5.78. The first kappa shape index (κ1) is 13.1. The molecule has 0 amide bonds. The monoisotopic (exact) mass is 247 g/mol. The molecule has 0 aliphatic heterocycles. The maximum absolute atomic E-state index is 10.2. The number of H-pyrrole nitrogens is 1. The van der Waals surface area contributed by atoms with Gasteiger partial charge >= 0.3 is 0 Å². The van der Waals surface area contributed by atoms with Crippen molar-refractivity contribution in [3.05, 3.63) is 29.6 Å². The molecule has 2 aromatic rings. The SMILES string of the molecule is Cc1cc([C@@H](O)CNC(C)(C)C)cc2nc[nH]c12. The van der Waals surface area contributed by atoms with E-state index in [-0.39, 0.29) is 5.54 Å². The summed E-state index contributed by atoms with van der Waals surface area (Å²) < 4.78 is 0. The zero-order chi connectivity index (χ0) is 13.3. The number of aromatic amines is 1. The van der Waals surface area contributed by atoms with Crippen LogP contribution in [0.2, 0.25) is 0 Å². The Balaban J connectivity index is 2.20. The number of hydrogen-bond donors (Lipinski definition) is 3. The summed E-state index contributed by atoms with van der Waals surface area (Å²) in [5.74, 6) is 0. The van der Waals surface area contributed by atoms with E-state index in [1.807, 2.05) is 19.1 Å². The average molecular weight is 247 g/mol. The lowest BCUT2D eigenvalue weighted by Crippen LogP contribution is -2.38. The molecule has 2 rings (SSSR count). The minimum absolute atomic E-state index is 0.00641. The maximum atomic E-state index is 10.2. The summed E-state index contributed by atoms with van der Waals surface area (Å²) in [6.07, 6.45) is 1.17. The fraction of sp³-hybridized carbons (Fsp3) is 0.500.